The summed E-state index contributed by atoms with van der Waals surface area (Å²) in [5.41, 5.74) is 6.99. The molecule has 0 aromatic heterocycles. The number of nitrogens with two attached hydrogens (primary N) is 1. The molecular formula is C17H26FNO. The Hall–Kier alpha value is -1.09. The monoisotopic (exact) mass is 279 g/mol. The fraction of sp³-hybridized carbons (Fsp3) is 0.647. The van der Waals surface area contributed by atoms with Crippen LogP contribution in [0.2, 0.25) is 0 Å². The second-order valence-corrected chi connectivity index (χ2v) is 6.03. The van der Waals surface area contributed by atoms with Crippen molar-refractivity contribution in [1.82, 2.24) is 0 Å². The molecule has 0 spiro atoms. The van der Waals surface area contributed by atoms with E-state index >= 15 is 0 Å². The Labute approximate surface area is 121 Å². The van der Waals surface area contributed by atoms with Crippen LogP contribution in [0.25, 0.3) is 0 Å². The number of methoxy groups -OCH3 is 1. The van der Waals surface area contributed by atoms with Gasteiger partial charge in [0.25, 0.3) is 0 Å². The highest BCUT2D eigenvalue weighted by Crippen LogP contribution is 2.34. The fourth-order valence-corrected chi connectivity index (χ4v) is 3.44. The van der Waals surface area contributed by atoms with E-state index in [2.05, 4.69) is 6.92 Å². The predicted octanol–water partition coefficient (Wildman–Crippen LogP) is 3.92. The second-order valence-electron chi connectivity index (χ2n) is 6.03. The number of hydrogen-bond acceptors (Lipinski definition) is 2. The van der Waals surface area contributed by atoms with Gasteiger partial charge in [-0.15, -0.1) is 0 Å². The molecule has 0 amide bonds. The fourth-order valence-electron chi connectivity index (χ4n) is 3.44. The van der Waals surface area contributed by atoms with Gasteiger partial charge in [-0.3, -0.25) is 0 Å². The Balaban J connectivity index is 2.07. The molecule has 2 rings (SSSR count). The zero-order valence-corrected chi connectivity index (χ0v) is 12.6. The lowest BCUT2D eigenvalue weighted by Gasteiger charge is -2.34. The van der Waals surface area contributed by atoms with Gasteiger partial charge in [0.1, 0.15) is 0 Å². The average molecular weight is 279 g/mol. The molecule has 0 aliphatic heterocycles. The number of ether oxygens (including phenoxy) is 1. The predicted molar refractivity (Wildman–Crippen MR) is 80.4 cm³/mol. The zero-order valence-electron chi connectivity index (χ0n) is 12.6. The van der Waals surface area contributed by atoms with Crippen LogP contribution < -0.4 is 10.5 Å². The van der Waals surface area contributed by atoms with Crippen LogP contribution in [0.5, 0.6) is 5.75 Å². The molecule has 1 aromatic carbocycles. The number of benzene rings is 1. The molecule has 3 heteroatoms. The SMILES string of the molecule is CCCC1CCC(N)C(Cc2cccc(OC)c2F)C1. The highest BCUT2D eigenvalue weighted by atomic mass is 19.1. The van der Waals surface area contributed by atoms with Crippen LogP contribution in [-0.2, 0) is 6.42 Å². The summed E-state index contributed by atoms with van der Waals surface area (Å²) < 4.78 is 19.3. The lowest BCUT2D eigenvalue weighted by molar-refractivity contribution is 0.220. The van der Waals surface area contributed by atoms with E-state index < -0.39 is 0 Å². The van der Waals surface area contributed by atoms with Crippen LogP contribution in [0.3, 0.4) is 0 Å². The maximum absolute atomic E-state index is 14.2. The smallest absolute Gasteiger partial charge is 0.168 e. The summed E-state index contributed by atoms with van der Waals surface area (Å²) in [6.45, 7) is 2.23. The van der Waals surface area contributed by atoms with Gasteiger partial charge < -0.3 is 10.5 Å². The van der Waals surface area contributed by atoms with E-state index in [0.29, 0.717) is 11.7 Å². The summed E-state index contributed by atoms with van der Waals surface area (Å²) >= 11 is 0. The standard InChI is InChI=1S/C17H26FNO/c1-3-5-12-8-9-15(19)14(10-12)11-13-6-4-7-16(20-2)17(13)18/h4,6-7,12,14-15H,3,5,8-11,19H2,1-2H3. The van der Waals surface area contributed by atoms with Crippen molar-refractivity contribution in [3.63, 3.8) is 0 Å². The van der Waals surface area contributed by atoms with Crippen molar-refractivity contribution in [3.8, 4) is 5.75 Å². The molecular weight excluding hydrogens is 253 g/mol. The van der Waals surface area contributed by atoms with Gasteiger partial charge in [0.15, 0.2) is 11.6 Å². The molecule has 1 aliphatic rings. The second kappa shape index (κ2) is 7.07. The van der Waals surface area contributed by atoms with Crippen molar-refractivity contribution in [2.75, 3.05) is 7.11 Å². The first-order valence-corrected chi connectivity index (χ1v) is 7.72. The molecule has 1 fully saturated rings. The van der Waals surface area contributed by atoms with Gasteiger partial charge in [0.2, 0.25) is 0 Å². The molecule has 0 saturated heterocycles. The lowest BCUT2D eigenvalue weighted by Crippen LogP contribution is -2.37. The highest BCUT2D eigenvalue weighted by molar-refractivity contribution is 5.31. The van der Waals surface area contributed by atoms with Crippen LogP contribution in [0, 0.1) is 17.7 Å². The molecule has 2 N–H and O–H groups in total. The Kier molecular flexibility index (Phi) is 5.41. The zero-order chi connectivity index (χ0) is 14.5. The summed E-state index contributed by atoms with van der Waals surface area (Å²) in [6, 6.07) is 5.58. The van der Waals surface area contributed by atoms with Crippen molar-refractivity contribution >= 4 is 0 Å². The molecule has 0 heterocycles. The highest BCUT2D eigenvalue weighted by Gasteiger charge is 2.28. The summed E-state index contributed by atoms with van der Waals surface area (Å²) in [4.78, 5) is 0. The van der Waals surface area contributed by atoms with E-state index in [4.69, 9.17) is 10.5 Å². The Morgan fingerprint density at radius 3 is 2.85 bits per heavy atom. The minimum Gasteiger partial charge on any atom is -0.494 e. The van der Waals surface area contributed by atoms with E-state index in [9.17, 15) is 4.39 Å². The largest absolute Gasteiger partial charge is 0.494 e. The quantitative estimate of drug-likeness (QED) is 0.886. The molecule has 20 heavy (non-hydrogen) atoms. The van der Waals surface area contributed by atoms with E-state index in [0.717, 1.165) is 30.7 Å². The van der Waals surface area contributed by atoms with Crippen LogP contribution >= 0.6 is 0 Å². The minimum atomic E-state index is -0.222. The normalized spacial score (nSPS) is 26.5. The van der Waals surface area contributed by atoms with Gasteiger partial charge in [-0.1, -0.05) is 31.9 Å². The van der Waals surface area contributed by atoms with E-state index in [1.807, 2.05) is 12.1 Å². The van der Waals surface area contributed by atoms with Gasteiger partial charge in [-0.25, -0.2) is 4.39 Å². The molecule has 0 radical (unpaired) electrons. The van der Waals surface area contributed by atoms with Crippen LogP contribution in [0.15, 0.2) is 18.2 Å². The van der Waals surface area contributed by atoms with Crippen molar-refractivity contribution < 1.29 is 9.13 Å². The van der Waals surface area contributed by atoms with E-state index in [1.165, 1.54) is 26.4 Å². The summed E-state index contributed by atoms with van der Waals surface area (Å²) in [7, 11) is 1.51. The number of halogens is 1. The van der Waals surface area contributed by atoms with Gasteiger partial charge >= 0.3 is 0 Å². The van der Waals surface area contributed by atoms with Crippen molar-refractivity contribution in [2.45, 2.75) is 51.5 Å². The van der Waals surface area contributed by atoms with Gasteiger partial charge in [-0.05, 0) is 49.1 Å². The molecule has 3 atom stereocenters. The summed E-state index contributed by atoms with van der Waals surface area (Å²) in [6.07, 6.45) is 6.65. The maximum Gasteiger partial charge on any atom is 0.168 e. The number of hydrogen-bond donors (Lipinski definition) is 1. The van der Waals surface area contributed by atoms with Crippen molar-refractivity contribution in [1.29, 1.82) is 0 Å². The lowest BCUT2D eigenvalue weighted by atomic mass is 9.74. The maximum atomic E-state index is 14.2. The van der Waals surface area contributed by atoms with Crippen LogP contribution in [-0.4, -0.2) is 13.2 Å². The van der Waals surface area contributed by atoms with Gasteiger partial charge in [-0.2, -0.15) is 0 Å². The average Bonchev–Trinajstić information content (AvgIpc) is 2.45. The van der Waals surface area contributed by atoms with E-state index in [1.54, 1.807) is 6.07 Å². The first-order chi connectivity index (χ1) is 9.65. The van der Waals surface area contributed by atoms with Crippen LogP contribution in [0.4, 0.5) is 4.39 Å². The Morgan fingerprint density at radius 2 is 2.15 bits per heavy atom. The van der Waals surface area contributed by atoms with Gasteiger partial charge in [0.05, 0.1) is 7.11 Å². The van der Waals surface area contributed by atoms with Crippen molar-refractivity contribution in [3.05, 3.63) is 29.6 Å². The first kappa shape index (κ1) is 15.3. The third kappa shape index (κ3) is 3.51. The van der Waals surface area contributed by atoms with Gasteiger partial charge in [0, 0.05) is 6.04 Å². The summed E-state index contributed by atoms with van der Waals surface area (Å²) in [5.74, 6) is 1.26. The molecule has 112 valence electrons. The molecule has 3 unspecified atom stereocenters. The molecule has 0 bridgehead atoms. The molecule has 1 saturated carbocycles. The number of rotatable bonds is 5. The minimum absolute atomic E-state index is 0.203. The molecule has 1 aliphatic carbocycles. The third-order valence-corrected chi connectivity index (χ3v) is 4.59. The molecule has 2 nitrogen and oxygen atoms in total. The topological polar surface area (TPSA) is 35.2 Å². The Bertz CT molecular complexity index is 435. The van der Waals surface area contributed by atoms with Crippen molar-refractivity contribution in [2.24, 2.45) is 17.6 Å². The summed E-state index contributed by atoms with van der Waals surface area (Å²) in [5, 5.41) is 0. The molecule has 1 aromatic rings. The first-order valence-electron chi connectivity index (χ1n) is 7.72. The van der Waals surface area contributed by atoms with E-state index in [-0.39, 0.29) is 11.9 Å². The third-order valence-electron chi connectivity index (χ3n) is 4.59. The van der Waals surface area contributed by atoms with Crippen LogP contribution in [0.1, 0.15) is 44.6 Å². The Morgan fingerprint density at radius 1 is 1.35 bits per heavy atom.